The van der Waals surface area contributed by atoms with Crippen LogP contribution in [0, 0.1) is 5.92 Å². The van der Waals surface area contributed by atoms with E-state index in [0.717, 1.165) is 24.4 Å². The standard InChI is InChI=1S/C12H16ClN5/c1-7-2-4-8(5-3-7)18-6-15-9-10(14)16-12(13)17-11(9)18/h6-8H,2-5H2,1H3,(H2,14,16,17). The summed E-state index contributed by atoms with van der Waals surface area (Å²) in [6.45, 7) is 2.30. The number of nitrogens with zero attached hydrogens (tertiary/aromatic N) is 4. The monoisotopic (exact) mass is 265 g/mol. The van der Waals surface area contributed by atoms with Gasteiger partial charge in [0.15, 0.2) is 11.5 Å². The molecule has 1 aliphatic rings. The molecule has 5 nitrogen and oxygen atoms in total. The Bertz CT molecular complexity index is 571. The van der Waals surface area contributed by atoms with E-state index in [0.29, 0.717) is 17.4 Å². The zero-order valence-electron chi connectivity index (χ0n) is 10.3. The number of halogens is 1. The van der Waals surface area contributed by atoms with Crippen molar-refractivity contribution in [2.75, 3.05) is 5.73 Å². The van der Waals surface area contributed by atoms with Crippen molar-refractivity contribution in [2.24, 2.45) is 5.92 Å². The Balaban J connectivity index is 2.02. The lowest BCUT2D eigenvalue weighted by Gasteiger charge is -2.27. The van der Waals surface area contributed by atoms with Crippen LogP contribution in [0.2, 0.25) is 5.28 Å². The van der Waals surface area contributed by atoms with Crippen LogP contribution >= 0.6 is 11.6 Å². The first-order valence-corrected chi connectivity index (χ1v) is 6.68. The fourth-order valence-corrected chi connectivity index (χ4v) is 2.87. The van der Waals surface area contributed by atoms with Crippen molar-refractivity contribution in [3.8, 4) is 0 Å². The van der Waals surface area contributed by atoms with Crippen LogP contribution in [0.3, 0.4) is 0 Å². The first-order chi connectivity index (χ1) is 8.65. The lowest BCUT2D eigenvalue weighted by Crippen LogP contribution is -2.16. The number of imidazole rings is 1. The predicted octanol–water partition coefficient (Wildman–Crippen LogP) is 2.81. The molecule has 2 N–H and O–H groups in total. The van der Waals surface area contributed by atoms with Gasteiger partial charge in [-0.1, -0.05) is 6.92 Å². The minimum Gasteiger partial charge on any atom is -0.382 e. The number of hydrogen-bond donors (Lipinski definition) is 1. The largest absolute Gasteiger partial charge is 0.382 e. The van der Waals surface area contributed by atoms with Crippen LogP contribution in [-0.4, -0.2) is 19.5 Å². The van der Waals surface area contributed by atoms with Crippen molar-refractivity contribution in [1.82, 2.24) is 19.5 Å². The number of fused-ring (bicyclic) bond motifs is 1. The van der Waals surface area contributed by atoms with E-state index in [-0.39, 0.29) is 5.28 Å². The average Bonchev–Trinajstić information content (AvgIpc) is 2.74. The van der Waals surface area contributed by atoms with Crippen molar-refractivity contribution < 1.29 is 0 Å². The van der Waals surface area contributed by atoms with E-state index >= 15 is 0 Å². The van der Waals surface area contributed by atoms with Crippen LogP contribution in [0.25, 0.3) is 11.2 Å². The topological polar surface area (TPSA) is 69.6 Å². The second kappa shape index (κ2) is 4.39. The zero-order valence-corrected chi connectivity index (χ0v) is 11.1. The van der Waals surface area contributed by atoms with Gasteiger partial charge >= 0.3 is 0 Å². The minimum atomic E-state index is 0.186. The normalized spacial score (nSPS) is 24.6. The number of nitrogen functional groups attached to an aromatic ring is 1. The fraction of sp³-hybridized carbons (Fsp3) is 0.583. The second-order valence-electron chi connectivity index (χ2n) is 5.12. The molecule has 0 spiro atoms. The van der Waals surface area contributed by atoms with Gasteiger partial charge in [-0.15, -0.1) is 0 Å². The van der Waals surface area contributed by atoms with Crippen LogP contribution in [0.15, 0.2) is 6.33 Å². The first kappa shape index (κ1) is 11.7. The molecule has 3 rings (SSSR count). The van der Waals surface area contributed by atoms with Crippen molar-refractivity contribution in [3.05, 3.63) is 11.6 Å². The minimum absolute atomic E-state index is 0.186. The van der Waals surface area contributed by atoms with Crippen LogP contribution in [-0.2, 0) is 0 Å². The number of rotatable bonds is 1. The molecule has 2 heterocycles. The molecule has 0 atom stereocenters. The Morgan fingerprint density at radius 2 is 2.00 bits per heavy atom. The van der Waals surface area contributed by atoms with Gasteiger partial charge in [0, 0.05) is 6.04 Å². The molecule has 0 unspecified atom stereocenters. The SMILES string of the molecule is CC1CCC(n2cnc3c(N)nc(Cl)nc32)CC1. The van der Waals surface area contributed by atoms with Crippen molar-refractivity contribution in [3.63, 3.8) is 0 Å². The summed E-state index contributed by atoms with van der Waals surface area (Å²) < 4.78 is 2.10. The summed E-state index contributed by atoms with van der Waals surface area (Å²) in [6.07, 6.45) is 6.63. The molecule has 1 aliphatic carbocycles. The maximum absolute atomic E-state index is 5.87. The zero-order chi connectivity index (χ0) is 12.7. The predicted molar refractivity (Wildman–Crippen MR) is 71.4 cm³/mol. The van der Waals surface area contributed by atoms with Gasteiger partial charge in [0.05, 0.1) is 6.33 Å². The number of hydrogen-bond acceptors (Lipinski definition) is 4. The molecule has 1 saturated carbocycles. The van der Waals surface area contributed by atoms with E-state index in [1.165, 1.54) is 12.8 Å². The molecule has 1 fully saturated rings. The van der Waals surface area contributed by atoms with Crippen LogP contribution in [0.1, 0.15) is 38.6 Å². The van der Waals surface area contributed by atoms with Gasteiger partial charge in [0.2, 0.25) is 5.28 Å². The van der Waals surface area contributed by atoms with Gasteiger partial charge in [-0.25, -0.2) is 4.98 Å². The van der Waals surface area contributed by atoms with E-state index in [9.17, 15) is 0 Å². The molecule has 0 amide bonds. The highest BCUT2D eigenvalue weighted by atomic mass is 35.5. The molecular formula is C12H16ClN5. The Morgan fingerprint density at radius 1 is 1.28 bits per heavy atom. The van der Waals surface area contributed by atoms with E-state index in [2.05, 4.69) is 26.4 Å². The molecule has 0 saturated heterocycles. The van der Waals surface area contributed by atoms with Gasteiger partial charge in [-0.2, -0.15) is 9.97 Å². The highest BCUT2D eigenvalue weighted by molar-refractivity contribution is 6.28. The number of anilines is 1. The number of aromatic nitrogens is 4. The van der Waals surface area contributed by atoms with Crippen molar-refractivity contribution in [1.29, 1.82) is 0 Å². The van der Waals surface area contributed by atoms with E-state index in [1.807, 2.05) is 6.33 Å². The molecule has 18 heavy (non-hydrogen) atoms. The van der Waals surface area contributed by atoms with Gasteiger partial charge < -0.3 is 10.3 Å². The van der Waals surface area contributed by atoms with Gasteiger partial charge in [0.1, 0.15) is 5.52 Å². The molecule has 2 aromatic rings. The Hall–Kier alpha value is -1.36. The molecule has 2 aromatic heterocycles. The highest BCUT2D eigenvalue weighted by Crippen LogP contribution is 2.33. The first-order valence-electron chi connectivity index (χ1n) is 6.30. The smallest absolute Gasteiger partial charge is 0.226 e. The highest BCUT2D eigenvalue weighted by Gasteiger charge is 2.22. The van der Waals surface area contributed by atoms with Crippen LogP contribution in [0.4, 0.5) is 5.82 Å². The summed E-state index contributed by atoms with van der Waals surface area (Å²) in [6, 6.07) is 0.455. The summed E-state index contributed by atoms with van der Waals surface area (Å²) >= 11 is 5.87. The lowest BCUT2D eigenvalue weighted by atomic mass is 9.87. The Labute approximate surface area is 110 Å². The third-order valence-electron chi connectivity index (χ3n) is 3.80. The second-order valence-corrected chi connectivity index (χ2v) is 5.45. The van der Waals surface area contributed by atoms with E-state index < -0.39 is 0 Å². The summed E-state index contributed by atoms with van der Waals surface area (Å²) in [7, 11) is 0. The van der Waals surface area contributed by atoms with Gasteiger partial charge in [0.25, 0.3) is 0 Å². The number of nitrogens with two attached hydrogens (primary N) is 1. The maximum Gasteiger partial charge on any atom is 0.226 e. The van der Waals surface area contributed by atoms with E-state index in [1.54, 1.807) is 0 Å². The summed E-state index contributed by atoms with van der Waals surface area (Å²) in [5, 5.41) is 0.186. The van der Waals surface area contributed by atoms with Crippen LogP contribution in [0.5, 0.6) is 0 Å². The molecule has 0 aliphatic heterocycles. The maximum atomic E-state index is 5.87. The molecule has 0 bridgehead atoms. The van der Waals surface area contributed by atoms with Gasteiger partial charge in [-0.05, 0) is 43.2 Å². The molecule has 0 radical (unpaired) electrons. The summed E-state index contributed by atoms with van der Waals surface area (Å²) in [5.41, 5.74) is 7.22. The van der Waals surface area contributed by atoms with Gasteiger partial charge in [-0.3, -0.25) is 0 Å². The van der Waals surface area contributed by atoms with Crippen molar-refractivity contribution in [2.45, 2.75) is 38.6 Å². The quantitative estimate of drug-likeness (QED) is 0.805. The fourth-order valence-electron chi connectivity index (χ4n) is 2.70. The Morgan fingerprint density at radius 3 is 2.72 bits per heavy atom. The summed E-state index contributed by atoms with van der Waals surface area (Å²) in [5.74, 6) is 1.17. The average molecular weight is 266 g/mol. The lowest BCUT2D eigenvalue weighted by molar-refractivity contribution is 0.293. The third kappa shape index (κ3) is 1.92. The van der Waals surface area contributed by atoms with Crippen LogP contribution < -0.4 is 5.73 Å². The molecule has 96 valence electrons. The van der Waals surface area contributed by atoms with E-state index in [4.69, 9.17) is 17.3 Å². The summed E-state index contributed by atoms with van der Waals surface area (Å²) in [4.78, 5) is 12.5. The molecular weight excluding hydrogens is 250 g/mol. The Kier molecular flexibility index (Phi) is 2.86. The van der Waals surface area contributed by atoms with Crippen molar-refractivity contribution >= 4 is 28.6 Å². The molecule has 0 aromatic carbocycles. The third-order valence-corrected chi connectivity index (χ3v) is 3.97. The molecule has 6 heteroatoms.